The summed E-state index contributed by atoms with van der Waals surface area (Å²) in [6.07, 6.45) is 7.52. The van der Waals surface area contributed by atoms with Crippen molar-refractivity contribution < 1.29 is 9.47 Å². The van der Waals surface area contributed by atoms with Crippen LogP contribution in [-0.4, -0.2) is 13.7 Å². The van der Waals surface area contributed by atoms with E-state index in [0.717, 1.165) is 35.0 Å². The lowest BCUT2D eigenvalue weighted by Gasteiger charge is -2.09. The second kappa shape index (κ2) is 9.71. The molecule has 0 radical (unpaired) electrons. The Balaban J connectivity index is 2.47. The Morgan fingerprint density at radius 1 is 1.10 bits per heavy atom. The third-order valence-corrected chi connectivity index (χ3v) is 3.52. The molecule has 0 aliphatic carbocycles. The van der Waals surface area contributed by atoms with Gasteiger partial charge in [0.05, 0.1) is 13.7 Å². The molecule has 0 bridgehead atoms. The molecule has 1 aromatic carbocycles. The average molecular weight is 297 g/mol. The molecule has 0 aliphatic heterocycles. The molecule has 0 spiro atoms. The van der Waals surface area contributed by atoms with E-state index in [4.69, 9.17) is 21.1 Å². The SMILES string of the molecule is C=c1cc(OC)/c(=C\Cl)cc1OCCCCCCCC. The van der Waals surface area contributed by atoms with Gasteiger partial charge in [-0.15, -0.1) is 0 Å². The van der Waals surface area contributed by atoms with Gasteiger partial charge >= 0.3 is 0 Å². The fraction of sp³-hybridized carbons (Fsp3) is 0.529. The summed E-state index contributed by atoms with van der Waals surface area (Å²) < 4.78 is 11.0. The van der Waals surface area contributed by atoms with Gasteiger partial charge in [-0.25, -0.2) is 0 Å². The summed E-state index contributed by atoms with van der Waals surface area (Å²) in [4.78, 5) is 0. The van der Waals surface area contributed by atoms with Gasteiger partial charge in [0.15, 0.2) is 0 Å². The Kier molecular flexibility index (Phi) is 8.20. The zero-order valence-electron chi connectivity index (χ0n) is 12.6. The molecule has 0 unspecified atom stereocenters. The summed E-state index contributed by atoms with van der Waals surface area (Å²) >= 11 is 5.79. The number of unbranched alkanes of at least 4 members (excludes halogenated alkanes) is 5. The molecular formula is C17H25ClO2. The van der Waals surface area contributed by atoms with E-state index >= 15 is 0 Å². The van der Waals surface area contributed by atoms with Crippen molar-refractivity contribution in [2.24, 2.45) is 0 Å². The molecule has 20 heavy (non-hydrogen) atoms. The highest BCUT2D eigenvalue weighted by molar-refractivity contribution is 6.38. The van der Waals surface area contributed by atoms with Crippen molar-refractivity contribution in [3.63, 3.8) is 0 Å². The molecule has 0 amide bonds. The summed E-state index contributed by atoms with van der Waals surface area (Å²) in [5.41, 5.74) is 1.50. The van der Waals surface area contributed by atoms with Gasteiger partial charge < -0.3 is 9.47 Å². The van der Waals surface area contributed by atoms with Crippen LogP contribution < -0.4 is 19.9 Å². The summed E-state index contributed by atoms with van der Waals surface area (Å²) in [5.74, 6) is 1.50. The lowest BCUT2D eigenvalue weighted by atomic mass is 10.1. The van der Waals surface area contributed by atoms with E-state index in [2.05, 4.69) is 13.5 Å². The summed E-state index contributed by atoms with van der Waals surface area (Å²) in [7, 11) is 1.62. The first-order valence-corrected chi connectivity index (χ1v) is 7.76. The van der Waals surface area contributed by atoms with Crippen LogP contribution in [0.15, 0.2) is 12.1 Å². The van der Waals surface area contributed by atoms with E-state index in [1.807, 2.05) is 12.1 Å². The van der Waals surface area contributed by atoms with Crippen LogP contribution in [0.5, 0.6) is 11.5 Å². The minimum Gasteiger partial charge on any atom is -0.496 e. The van der Waals surface area contributed by atoms with Crippen LogP contribution in [0.2, 0.25) is 0 Å². The highest BCUT2D eigenvalue weighted by Gasteiger charge is 2.01. The van der Waals surface area contributed by atoms with Crippen LogP contribution >= 0.6 is 11.6 Å². The number of methoxy groups -OCH3 is 1. The number of hydrogen-bond acceptors (Lipinski definition) is 2. The molecule has 0 aromatic heterocycles. The van der Waals surface area contributed by atoms with Crippen molar-refractivity contribution >= 4 is 23.7 Å². The average Bonchev–Trinajstić information content (AvgIpc) is 2.47. The standard InChI is InChI=1S/C17H25ClO2/c1-4-5-6-7-8-9-10-20-16-12-15(13-18)17(19-3)11-14(16)2/h11-13H,2,4-10H2,1,3H3/b15-13-. The van der Waals surface area contributed by atoms with Gasteiger partial charge in [-0.3, -0.25) is 0 Å². The fourth-order valence-electron chi connectivity index (χ4n) is 2.08. The molecule has 0 saturated heterocycles. The van der Waals surface area contributed by atoms with E-state index in [1.54, 1.807) is 7.11 Å². The molecule has 1 aromatic rings. The van der Waals surface area contributed by atoms with Crippen LogP contribution in [0.25, 0.3) is 12.1 Å². The maximum Gasteiger partial charge on any atom is 0.127 e. The minimum absolute atomic E-state index is 0.719. The molecule has 112 valence electrons. The first-order valence-electron chi connectivity index (χ1n) is 7.33. The zero-order valence-corrected chi connectivity index (χ0v) is 13.3. The van der Waals surface area contributed by atoms with Gasteiger partial charge in [-0.05, 0) is 18.6 Å². The number of hydrogen-bond donors (Lipinski definition) is 0. The predicted octanol–water partition coefficient (Wildman–Crippen LogP) is 3.82. The van der Waals surface area contributed by atoms with Crippen molar-refractivity contribution in [3.8, 4) is 11.5 Å². The molecule has 2 nitrogen and oxygen atoms in total. The van der Waals surface area contributed by atoms with Crippen LogP contribution in [-0.2, 0) is 0 Å². The van der Waals surface area contributed by atoms with E-state index in [9.17, 15) is 0 Å². The van der Waals surface area contributed by atoms with Gasteiger partial charge in [0.25, 0.3) is 0 Å². The summed E-state index contributed by atoms with van der Waals surface area (Å²) in [5, 5.41) is 1.65. The number of ether oxygens (including phenoxy) is 2. The molecule has 0 saturated carbocycles. The lowest BCUT2D eigenvalue weighted by molar-refractivity contribution is 0.301. The number of benzene rings is 1. The van der Waals surface area contributed by atoms with Crippen LogP contribution in [0.3, 0.4) is 0 Å². The van der Waals surface area contributed by atoms with Gasteiger partial charge in [0.1, 0.15) is 11.5 Å². The van der Waals surface area contributed by atoms with Crippen molar-refractivity contribution in [2.45, 2.75) is 45.4 Å². The second-order valence-electron chi connectivity index (χ2n) is 4.93. The van der Waals surface area contributed by atoms with Gasteiger partial charge in [0.2, 0.25) is 0 Å². The summed E-state index contributed by atoms with van der Waals surface area (Å²) in [6, 6.07) is 3.73. The Labute approximate surface area is 127 Å². The van der Waals surface area contributed by atoms with Crippen LogP contribution in [0, 0.1) is 0 Å². The summed E-state index contributed by atoms with van der Waals surface area (Å²) in [6.45, 7) is 6.94. The Bertz CT molecular complexity index is 496. The normalized spacial score (nSPS) is 11.7. The first kappa shape index (κ1) is 16.9. The maximum absolute atomic E-state index is 5.79. The lowest BCUT2D eigenvalue weighted by Crippen LogP contribution is -2.15. The van der Waals surface area contributed by atoms with E-state index in [-0.39, 0.29) is 0 Å². The van der Waals surface area contributed by atoms with Gasteiger partial charge in [0, 0.05) is 16.0 Å². The maximum atomic E-state index is 5.79. The quantitative estimate of drug-likeness (QED) is 0.645. The van der Waals surface area contributed by atoms with Crippen molar-refractivity contribution in [2.75, 3.05) is 13.7 Å². The Hall–Kier alpha value is -1.15. The number of halogens is 1. The zero-order chi connectivity index (χ0) is 14.8. The molecule has 0 atom stereocenters. The highest BCUT2D eigenvalue weighted by Crippen LogP contribution is 2.09. The van der Waals surface area contributed by atoms with E-state index in [0.29, 0.717) is 0 Å². The third kappa shape index (κ3) is 5.46. The smallest absolute Gasteiger partial charge is 0.127 e. The van der Waals surface area contributed by atoms with Crippen molar-refractivity contribution in [3.05, 3.63) is 22.6 Å². The highest BCUT2D eigenvalue weighted by atomic mass is 35.5. The molecular weight excluding hydrogens is 272 g/mol. The van der Waals surface area contributed by atoms with Gasteiger partial charge in [-0.2, -0.15) is 0 Å². The van der Waals surface area contributed by atoms with Crippen LogP contribution in [0.4, 0.5) is 0 Å². The predicted molar refractivity (Wildman–Crippen MR) is 87.0 cm³/mol. The second-order valence-corrected chi connectivity index (χ2v) is 5.15. The van der Waals surface area contributed by atoms with Gasteiger partial charge in [-0.1, -0.05) is 57.2 Å². The van der Waals surface area contributed by atoms with Crippen molar-refractivity contribution in [1.29, 1.82) is 0 Å². The fourth-order valence-corrected chi connectivity index (χ4v) is 2.25. The largest absolute Gasteiger partial charge is 0.496 e. The number of rotatable bonds is 9. The van der Waals surface area contributed by atoms with Crippen LogP contribution in [0.1, 0.15) is 45.4 Å². The molecule has 3 heteroatoms. The molecule has 0 fully saturated rings. The monoisotopic (exact) mass is 296 g/mol. The van der Waals surface area contributed by atoms with E-state index < -0.39 is 0 Å². The molecule has 1 rings (SSSR count). The third-order valence-electron chi connectivity index (χ3n) is 3.29. The Morgan fingerprint density at radius 2 is 1.80 bits per heavy atom. The minimum atomic E-state index is 0.719. The van der Waals surface area contributed by atoms with E-state index in [1.165, 1.54) is 37.6 Å². The van der Waals surface area contributed by atoms with Crippen molar-refractivity contribution in [1.82, 2.24) is 0 Å². The Morgan fingerprint density at radius 3 is 2.45 bits per heavy atom. The molecule has 0 heterocycles. The topological polar surface area (TPSA) is 18.5 Å². The molecule has 0 aliphatic rings. The first-order chi connectivity index (χ1) is 9.72. The molecule has 0 N–H and O–H groups in total.